The number of carboxylic acid groups (broad SMARTS) is 1. The molecular formula is C26H32N4O7. The number of carbonyl (C=O) groups excluding carboxylic acids is 2. The van der Waals surface area contributed by atoms with Gasteiger partial charge < -0.3 is 33.7 Å². The van der Waals surface area contributed by atoms with Crippen molar-refractivity contribution in [2.24, 2.45) is 0 Å². The number of hydrogen-bond acceptors (Lipinski definition) is 7. The smallest absolute Gasteiger partial charge is 0.290 e. The minimum atomic E-state index is -0.673. The molecule has 11 nitrogen and oxygen atoms in total. The van der Waals surface area contributed by atoms with E-state index in [2.05, 4.69) is 11.6 Å². The Morgan fingerprint density at radius 2 is 1.81 bits per heavy atom. The van der Waals surface area contributed by atoms with Gasteiger partial charge in [0.05, 0.1) is 19.8 Å². The lowest BCUT2D eigenvalue weighted by atomic mass is 9.88. The lowest BCUT2D eigenvalue weighted by Gasteiger charge is -2.46. The summed E-state index contributed by atoms with van der Waals surface area (Å²) < 4.78 is 19.4. The van der Waals surface area contributed by atoms with Gasteiger partial charge in [0.25, 0.3) is 18.3 Å². The normalized spacial score (nSPS) is 20.3. The van der Waals surface area contributed by atoms with E-state index in [-0.39, 0.29) is 18.3 Å². The Bertz CT molecular complexity index is 1090. The highest BCUT2D eigenvalue weighted by Gasteiger charge is 2.48. The Balaban J connectivity index is 0.00000102. The number of amides is 2. The third-order valence-electron chi connectivity index (χ3n) is 6.78. The van der Waals surface area contributed by atoms with Gasteiger partial charge in [-0.05, 0) is 24.3 Å². The Morgan fingerprint density at radius 3 is 2.46 bits per heavy atom. The van der Waals surface area contributed by atoms with Crippen molar-refractivity contribution in [1.29, 1.82) is 0 Å². The number of ether oxygens (including phenoxy) is 3. The molecule has 0 aliphatic carbocycles. The van der Waals surface area contributed by atoms with E-state index in [0.29, 0.717) is 76.7 Å². The van der Waals surface area contributed by atoms with Crippen LogP contribution in [0.25, 0.3) is 0 Å². The summed E-state index contributed by atoms with van der Waals surface area (Å²) >= 11 is 0. The molecule has 0 saturated carbocycles. The molecule has 3 aliphatic heterocycles. The highest BCUT2D eigenvalue weighted by atomic mass is 16.5. The van der Waals surface area contributed by atoms with Crippen LogP contribution in [0.1, 0.15) is 29.0 Å². The van der Waals surface area contributed by atoms with Gasteiger partial charge in [-0.2, -0.15) is 0 Å². The van der Waals surface area contributed by atoms with Gasteiger partial charge in [-0.25, -0.2) is 4.98 Å². The Morgan fingerprint density at radius 1 is 1.14 bits per heavy atom. The summed E-state index contributed by atoms with van der Waals surface area (Å²) in [7, 11) is 0. The van der Waals surface area contributed by atoms with Gasteiger partial charge in [0.1, 0.15) is 23.8 Å². The Kier molecular flexibility index (Phi) is 8.57. The van der Waals surface area contributed by atoms with Crippen molar-refractivity contribution in [3.05, 3.63) is 60.7 Å². The van der Waals surface area contributed by atoms with Crippen LogP contribution in [-0.4, -0.2) is 94.8 Å². The van der Waals surface area contributed by atoms with Gasteiger partial charge in [-0.1, -0.05) is 12.7 Å². The van der Waals surface area contributed by atoms with Crippen LogP contribution in [-0.2, 0) is 31.2 Å². The maximum Gasteiger partial charge on any atom is 0.290 e. The largest absolute Gasteiger partial charge is 0.490 e. The highest BCUT2D eigenvalue weighted by molar-refractivity contribution is 5.94. The first-order valence-corrected chi connectivity index (χ1v) is 12.3. The number of fused-ring (bicyclic) bond motifs is 2. The maximum atomic E-state index is 13.2. The number of hydrogen-bond donors (Lipinski definition) is 1. The lowest BCUT2D eigenvalue weighted by molar-refractivity contribution is -0.182. The summed E-state index contributed by atoms with van der Waals surface area (Å²) in [6, 6.07) is 7.16. The highest BCUT2D eigenvalue weighted by Crippen LogP contribution is 2.40. The minimum absolute atomic E-state index is 0.000654. The Hall–Kier alpha value is -3.70. The number of rotatable bonds is 5. The van der Waals surface area contributed by atoms with Crippen LogP contribution >= 0.6 is 0 Å². The third kappa shape index (κ3) is 5.83. The second-order valence-corrected chi connectivity index (χ2v) is 8.96. The number of aromatic nitrogens is 2. The summed E-state index contributed by atoms with van der Waals surface area (Å²) in [5.41, 5.74) is -0.0543. The molecule has 1 aromatic heterocycles. The molecule has 1 N–H and O–H groups in total. The molecule has 1 unspecified atom stereocenters. The van der Waals surface area contributed by atoms with E-state index < -0.39 is 11.7 Å². The van der Waals surface area contributed by atoms with Crippen LogP contribution < -0.4 is 4.74 Å². The first-order valence-electron chi connectivity index (χ1n) is 12.3. The van der Waals surface area contributed by atoms with Crippen molar-refractivity contribution in [2.45, 2.75) is 31.1 Å². The van der Waals surface area contributed by atoms with Crippen LogP contribution in [0.15, 0.2) is 49.3 Å². The lowest BCUT2D eigenvalue weighted by Crippen LogP contribution is -2.56. The molecule has 2 aromatic rings. The zero-order valence-corrected chi connectivity index (χ0v) is 20.7. The fourth-order valence-corrected chi connectivity index (χ4v) is 4.96. The van der Waals surface area contributed by atoms with Crippen LogP contribution in [0, 0.1) is 0 Å². The fraction of sp³-hybridized carbons (Fsp3) is 0.462. The van der Waals surface area contributed by atoms with E-state index in [4.69, 9.17) is 24.1 Å². The summed E-state index contributed by atoms with van der Waals surface area (Å²) in [5.74, 6) is 1.52. The predicted molar refractivity (Wildman–Crippen MR) is 132 cm³/mol. The van der Waals surface area contributed by atoms with E-state index >= 15 is 0 Å². The standard InChI is InChI=1S/C25H30N4O5.CH2O2/c1-2-15-33-20-5-3-19(4-6-20)22(30)27-10-7-25(8-11-27)24-26-9-12-29(24)18-21(34-25)23(31)28-13-16-32-17-14-28;2-1-3/h2-6,9,12,21H,1,7-8,10-11,13-18H2;1H,(H,2,3). The SMILES string of the molecule is C=CCOc1ccc(C(=O)N2CCC3(CC2)OC(C(=O)N2CCOCC2)Cn2ccnc23)cc1.O=CO. The molecule has 1 spiro atoms. The predicted octanol–water partition coefficient (Wildman–Crippen LogP) is 1.54. The summed E-state index contributed by atoms with van der Waals surface area (Å²) in [6.07, 6.45) is 5.96. The van der Waals surface area contributed by atoms with Gasteiger partial charge in [-0.3, -0.25) is 14.4 Å². The second kappa shape index (κ2) is 12.0. The fourth-order valence-electron chi connectivity index (χ4n) is 4.96. The van der Waals surface area contributed by atoms with Crippen LogP contribution in [0.2, 0.25) is 0 Å². The Labute approximate surface area is 215 Å². The number of carbonyl (C=O) groups is 3. The van der Waals surface area contributed by atoms with Crippen LogP contribution in [0.4, 0.5) is 0 Å². The molecule has 2 fully saturated rings. The molecule has 5 rings (SSSR count). The average Bonchev–Trinajstić information content (AvgIpc) is 3.43. The van der Waals surface area contributed by atoms with E-state index in [1.54, 1.807) is 36.5 Å². The molecule has 0 radical (unpaired) electrons. The molecule has 11 heteroatoms. The molecular weight excluding hydrogens is 480 g/mol. The number of likely N-dealkylation sites (tertiary alicyclic amines) is 1. The van der Waals surface area contributed by atoms with Crippen LogP contribution in [0.3, 0.4) is 0 Å². The molecule has 1 atom stereocenters. The second-order valence-electron chi connectivity index (χ2n) is 8.96. The summed E-state index contributed by atoms with van der Waals surface area (Å²) in [4.78, 5) is 42.9. The van der Waals surface area contributed by atoms with Crippen molar-refractivity contribution in [2.75, 3.05) is 46.0 Å². The first kappa shape index (κ1) is 26.4. The van der Waals surface area contributed by atoms with Crippen molar-refractivity contribution in [3.63, 3.8) is 0 Å². The average molecular weight is 513 g/mol. The molecule has 0 bridgehead atoms. The zero-order valence-electron chi connectivity index (χ0n) is 20.7. The first-order chi connectivity index (χ1) is 18.0. The minimum Gasteiger partial charge on any atom is -0.490 e. The summed E-state index contributed by atoms with van der Waals surface area (Å²) in [6.45, 7) is 7.60. The number of imidazole rings is 1. The molecule has 4 heterocycles. The molecule has 37 heavy (non-hydrogen) atoms. The van der Waals surface area contributed by atoms with E-state index in [1.807, 2.05) is 20.6 Å². The van der Waals surface area contributed by atoms with Crippen molar-refractivity contribution in [1.82, 2.24) is 19.4 Å². The van der Waals surface area contributed by atoms with E-state index in [9.17, 15) is 9.59 Å². The number of benzene rings is 1. The van der Waals surface area contributed by atoms with Gasteiger partial charge in [0.15, 0.2) is 6.10 Å². The molecule has 1 aromatic carbocycles. The zero-order chi connectivity index (χ0) is 26.3. The van der Waals surface area contributed by atoms with Crippen molar-refractivity contribution < 1.29 is 33.7 Å². The van der Waals surface area contributed by atoms with Gasteiger partial charge in [0, 0.05) is 57.0 Å². The van der Waals surface area contributed by atoms with Gasteiger partial charge in [0.2, 0.25) is 0 Å². The topological polar surface area (TPSA) is 123 Å². The van der Waals surface area contributed by atoms with Gasteiger partial charge >= 0.3 is 0 Å². The third-order valence-corrected chi connectivity index (χ3v) is 6.78. The van der Waals surface area contributed by atoms with E-state index in [0.717, 1.165) is 5.82 Å². The number of nitrogens with zero attached hydrogens (tertiary/aromatic N) is 4. The number of morpholine rings is 1. The molecule has 3 aliphatic rings. The van der Waals surface area contributed by atoms with E-state index in [1.165, 1.54) is 0 Å². The molecule has 2 saturated heterocycles. The maximum absolute atomic E-state index is 13.2. The van der Waals surface area contributed by atoms with Crippen LogP contribution in [0.5, 0.6) is 5.75 Å². The monoisotopic (exact) mass is 512 g/mol. The van der Waals surface area contributed by atoms with Crippen molar-refractivity contribution in [3.8, 4) is 5.75 Å². The molecule has 2 amide bonds. The van der Waals surface area contributed by atoms with Crippen molar-refractivity contribution >= 4 is 18.3 Å². The number of piperidine rings is 1. The van der Waals surface area contributed by atoms with Gasteiger partial charge in [-0.15, -0.1) is 0 Å². The molecule has 198 valence electrons. The summed E-state index contributed by atoms with van der Waals surface area (Å²) in [5, 5.41) is 6.89. The quantitative estimate of drug-likeness (QED) is 0.473.